The molecule has 1 aromatic carbocycles. The SMILES string of the molecule is O=C(Nc1nc2cnc(N3CCOCC3)cc2s1)c1ccccc1. The second kappa shape index (κ2) is 6.54. The summed E-state index contributed by atoms with van der Waals surface area (Å²) in [6.45, 7) is 3.13. The molecule has 0 spiro atoms. The fourth-order valence-electron chi connectivity index (χ4n) is 2.60. The fourth-order valence-corrected chi connectivity index (χ4v) is 3.46. The number of hydrogen-bond donors (Lipinski definition) is 1. The van der Waals surface area contributed by atoms with Crippen LogP contribution >= 0.6 is 11.3 Å². The highest BCUT2D eigenvalue weighted by Crippen LogP contribution is 2.28. The summed E-state index contributed by atoms with van der Waals surface area (Å²) in [4.78, 5) is 23.4. The predicted molar refractivity (Wildman–Crippen MR) is 94.8 cm³/mol. The first-order chi connectivity index (χ1) is 11.8. The summed E-state index contributed by atoms with van der Waals surface area (Å²) >= 11 is 1.46. The number of nitrogens with one attached hydrogen (secondary N) is 1. The van der Waals surface area contributed by atoms with Gasteiger partial charge in [0.2, 0.25) is 0 Å². The van der Waals surface area contributed by atoms with Gasteiger partial charge >= 0.3 is 0 Å². The third-order valence-corrected chi connectivity index (χ3v) is 4.79. The number of amides is 1. The van der Waals surface area contributed by atoms with Crippen LogP contribution in [-0.4, -0.2) is 42.2 Å². The Bertz CT molecular complexity index is 859. The lowest BCUT2D eigenvalue weighted by atomic mass is 10.2. The highest BCUT2D eigenvalue weighted by Gasteiger charge is 2.15. The number of hydrogen-bond acceptors (Lipinski definition) is 6. The largest absolute Gasteiger partial charge is 0.378 e. The molecule has 0 bridgehead atoms. The van der Waals surface area contributed by atoms with E-state index in [1.807, 2.05) is 24.3 Å². The van der Waals surface area contributed by atoms with Gasteiger partial charge in [0, 0.05) is 24.7 Å². The Labute approximate surface area is 143 Å². The Morgan fingerprint density at radius 2 is 2.00 bits per heavy atom. The number of anilines is 2. The van der Waals surface area contributed by atoms with Gasteiger partial charge in [-0.25, -0.2) is 9.97 Å². The van der Waals surface area contributed by atoms with E-state index >= 15 is 0 Å². The van der Waals surface area contributed by atoms with Crippen molar-refractivity contribution in [3.8, 4) is 0 Å². The van der Waals surface area contributed by atoms with E-state index in [-0.39, 0.29) is 5.91 Å². The van der Waals surface area contributed by atoms with Gasteiger partial charge in [-0.15, -0.1) is 0 Å². The molecule has 0 aliphatic carbocycles. The maximum Gasteiger partial charge on any atom is 0.257 e. The average Bonchev–Trinajstić information content (AvgIpc) is 3.04. The van der Waals surface area contributed by atoms with Crippen molar-refractivity contribution in [2.75, 3.05) is 36.5 Å². The third-order valence-electron chi connectivity index (χ3n) is 3.85. The minimum atomic E-state index is -0.156. The molecule has 1 aliphatic rings. The molecular formula is C17H16N4O2S. The summed E-state index contributed by atoms with van der Waals surface area (Å²) in [6.07, 6.45) is 1.76. The molecule has 0 saturated carbocycles. The third kappa shape index (κ3) is 3.08. The summed E-state index contributed by atoms with van der Waals surface area (Å²) in [5.74, 6) is 0.770. The molecule has 7 heteroatoms. The summed E-state index contributed by atoms with van der Waals surface area (Å²) < 4.78 is 6.38. The van der Waals surface area contributed by atoms with Gasteiger partial charge in [-0.05, 0) is 12.1 Å². The summed E-state index contributed by atoms with van der Waals surface area (Å²) in [6, 6.07) is 11.1. The van der Waals surface area contributed by atoms with E-state index in [0.29, 0.717) is 10.7 Å². The molecule has 6 nitrogen and oxygen atoms in total. The van der Waals surface area contributed by atoms with E-state index in [2.05, 4.69) is 20.2 Å². The number of fused-ring (bicyclic) bond motifs is 1. The van der Waals surface area contributed by atoms with Crippen molar-refractivity contribution in [1.29, 1.82) is 0 Å². The lowest BCUT2D eigenvalue weighted by Crippen LogP contribution is -2.36. The van der Waals surface area contributed by atoms with Crippen LogP contribution in [0.3, 0.4) is 0 Å². The Kier molecular flexibility index (Phi) is 4.10. The maximum absolute atomic E-state index is 12.2. The molecule has 4 rings (SSSR count). The van der Waals surface area contributed by atoms with Crippen molar-refractivity contribution in [2.24, 2.45) is 0 Å². The molecule has 1 aliphatic heterocycles. The molecule has 24 heavy (non-hydrogen) atoms. The van der Waals surface area contributed by atoms with Crippen molar-refractivity contribution in [1.82, 2.24) is 9.97 Å². The first-order valence-corrected chi connectivity index (χ1v) is 8.57. The molecule has 1 amide bonds. The molecule has 0 radical (unpaired) electrons. The van der Waals surface area contributed by atoms with E-state index in [9.17, 15) is 4.79 Å². The van der Waals surface area contributed by atoms with Gasteiger partial charge in [-0.1, -0.05) is 29.5 Å². The normalized spacial score (nSPS) is 14.8. The van der Waals surface area contributed by atoms with Gasteiger partial charge in [0.25, 0.3) is 5.91 Å². The van der Waals surface area contributed by atoms with E-state index < -0.39 is 0 Å². The molecule has 122 valence electrons. The molecule has 0 atom stereocenters. The molecule has 3 aromatic rings. The van der Waals surface area contributed by atoms with Crippen molar-refractivity contribution in [3.63, 3.8) is 0 Å². The molecule has 3 heterocycles. The van der Waals surface area contributed by atoms with Crippen LogP contribution in [-0.2, 0) is 4.74 Å². The number of carbonyl (C=O) groups is 1. The minimum absolute atomic E-state index is 0.156. The van der Waals surface area contributed by atoms with Gasteiger partial charge in [-0.3, -0.25) is 10.1 Å². The lowest BCUT2D eigenvalue weighted by molar-refractivity contribution is 0.102. The van der Waals surface area contributed by atoms with E-state index in [0.717, 1.165) is 42.3 Å². The smallest absolute Gasteiger partial charge is 0.257 e. The number of aromatic nitrogens is 2. The Morgan fingerprint density at radius 1 is 1.21 bits per heavy atom. The maximum atomic E-state index is 12.2. The molecule has 1 saturated heterocycles. The fraction of sp³-hybridized carbons (Fsp3) is 0.235. The van der Waals surface area contributed by atoms with Crippen molar-refractivity contribution < 1.29 is 9.53 Å². The first kappa shape index (κ1) is 15.0. The van der Waals surface area contributed by atoms with Crippen molar-refractivity contribution in [3.05, 3.63) is 48.2 Å². The molecule has 0 unspecified atom stereocenters. The minimum Gasteiger partial charge on any atom is -0.378 e. The zero-order valence-electron chi connectivity index (χ0n) is 12.9. The zero-order chi connectivity index (χ0) is 16.4. The standard InChI is InChI=1S/C17H16N4O2S/c22-16(12-4-2-1-3-5-12)20-17-19-13-11-18-15(10-14(13)24-17)21-6-8-23-9-7-21/h1-5,10-11H,6-9H2,(H,19,20,22). The lowest BCUT2D eigenvalue weighted by Gasteiger charge is -2.27. The van der Waals surface area contributed by atoms with Crippen LogP contribution in [0.1, 0.15) is 10.4 Å². The van der Waals surface area contributed by atoms with Crippen LogP contribution in [0.25, 0.3) is 10.2 Å². The van der Waals surface area contributed by atoms with Gasteiger partial charge in [0.15, 0.2) is 5.13 Å². The number of benzene rings is 1. The van der Waals surface area contributed by atoms with E-state index in [1.54, 1.807) is 18.3 Å². The van der Waals surface area contributed by atoms with Gasteiger partial charge < -0.3 is 9.64 Å². The second-order valence-electron chi connectivity index (χ2n) is 5.45. The number of thiazole rings is 1. The molecule has 1 fully saturated rings. The number of nitrogens with zero attached hydrogens (tertiary/aromatic N) is 3. The van der Waals surface area contributed by atoms with Crippen LogP contribution in [0.5, 0.6) is 0 Å². The second-order valence-corrected chi connectivity index (χ2v) is 6.48. The van der Waals surface area contributed by atoms with E-state index in [4.69, 9.17) is 4.74 Å². The monoisotopic (exact) mass is 340 g/mol. The topological polar surface area (TPSA) is 67.4 Å². The number of pyridine rings is 1. The van der Waals surface area contributed by atoms with Gasteiger partial charge in [0.1, 0.15) is 11.3 Å². The number of carbonyl (C=O) groups excluding carboxylic acids is 1. The Morgan fingerprint density at radius 3 is 2.79 bits per heavy atom. The van der Waals surface area contributed by atoms with Crippen LogP contribution in [0.15, 0.2) is 42.6 Å². The van der Waals surface area contributed by atoms with Crippen LogP contribution in [0, 0.1) is 0 Å². The van der Waals surface area contributed by atoms with Gasteiger partial charge in [-0.2, -0.15) is 0 Å². The molecule has 1 N–H and O–H groups in total. The average molecular weight is 340 g/mol. The van der Waals surface area contributed by atoms with Crippen LogP contribution in [0.4, 0.5) is 10.9 Å². The molecule has 2 aromatic heterocycles. The van der Waals surface area contributed by atoms with E-state index in [1.165, 1.54) is 11.3 Å². The number of rotatable bonds is 3. The van der Waals surface area contributed by atoms with Crippen molar-refractivity contribution in [2.45, 2.75) is 0 Å². The molecular weight excluding hydrogens is 324 g/mol. The Hall–Kier alpha value is -2.51. The number of ether oxygens (including phenoxy) is 1. The van der Waals surface area contributed by atoms with Gasteiger partial charge in [0.05, 0.1) is 24.1 Å². The van der Waals surface area contributed by atoms with Crippen LogP contribution in [0.2, 0.25) is 0 Å². The summed E-state index contributed by atoms with van der Waals surface area (Å²) in [5, 5.41) is 3.44. The summed E-state index contributed by atoms with van der Waals surface area (Å²) in [5.41, 5.74) is 1.41. The van der Waals surface area contributed by atoms with Crippen molar-refractivity contribution >= 4 is 38.4 Å². The highest BCUT2D eigenvalue weighted by molar-refractivity contribution is 7.22. The zero-order valence-corrected chi connectivity index (χ0v) is 13.8. The highest BCUT2D eigenvalue weighted by atomic mass is 32.1. The Balaban J connectivity index is 1.55. The predicted octanol–water partition coefficient (Wildman–Crippen LogP) is 2.78. The van der Waals surface area contributed by atoms with Crippen LogP contribution < -0.4 is 10.2 Å². The first-order valence-electron chi connectivity index (χ1n) is 7.75. The quantitative estimate of drug-likeness (QED) is 0.794. The summed E-state index contributed by atoms with van der Waals surface area (Å²) in [7, 11) is 0. The number of morpholine rings is 1.